The molecule has 0 radical (unpaired) electrons. The minimum absolute atomic E-state index is 0.125. The van der Waals surface area contributed by atoms with Gasteiger partial charge in [-0.05, 0) is 43.0 Å². The molecule has 0 aliphatic carbocycles. The first kappa shape index (κ1) is 18.4. The Morgan fingerprint density at radius 2 is 1.88 bits per heavy atom. The summed E-state index contributed by atoms with van der Waals surface area (Å²) in [5, 5.41) is 3.33. The second-order valence-electron chi connectivity index (χ2n) is 6.33. The Morgan fingerprint density at radius 3 is 2.54 bits per heavy atom. The highest BCUT2D eigenvalue weighted by Gasteiger charge is 2.23. The third-order valence-electron chi connectivity index (χ3n) is 4.55. The van der Waals surface area contributed by atoms with Crippen LogP contribution in [0.5, 0.6) is 11.5 Å². The van der Waals surface area contributed by atoms with Crippen molar-refractivity contribution >= 4 is 23.3 Å². The number of carbonyl (C=O) groups excluding carboxylic acids is 1. The van der Waals surface area contributed by atoms with E-state index >= 15 is 0 Å². The molecule has 2 aromatic rings. The summed E-state index contributed by atoms with van der Waals surface area (Å²) >= 11 is 6.18. The average molecular weight is 375 g/mol. The van der Waals surface area contributed by atoms with Crippen molar-refractivity contribution in [3.8, 4) is 11.5 Å². The molecule has 0 aromatic heterocycles. The number of halogens is 1. The van der Waals surface area contributed by atoms with Gasteiger partial charge >= 0.3 is 6.03 Å². The zero-order chi connectivity index (χ0) is 18.4. The molecule has 0 saturated carbocycles. The summed E-state index contributed by atoms with van der Waals surface area (Å²) in [6, 6.07) is 14.9. The van der Waals surface area contributed by atoms with Gasteiger partial charge in [-0.25, -0.2) is 4.79 Å². The molecule has 6 heteroatoms. The van der Waals surface area contributed by atoms with E-state index in [-0.39, 0.29) is 6.03 Å². The van der Waals surface area contributed by atoms with E-state index in [0.29, 0.717) is 42.1 Å². The standard InChI is InChI=1S/C20H23ClN2O3/c1-25-17-7-8-19(18(21)13-17)22-20(24)23-11-9-15(10-12-23)14-26-16-5-3-2-4-6-16/h2-8,13,15H,9-12,14H2,1H3,(H,22,24). The Hall–Kier alpha value is -2.40. The zero-order valence-corrected chi connectivity index (χ0v) is 15.5. The molecule has 0 spiro atoms. The molecule has 1 heterocycles. The van der Waals surface area contributed by atoms with Crippen LogP contribution in [0.1, 0.15) is 12.8 Å². The number of piperidine rings is 1. The Bertz CT molecular complexity index is 731. The smallest absolute Gasteiger partial charge is 0.321 e. The van der Waals surface area contributed by atoms with Crippen LogP contribution in [0.4, 0.5) is 10.5 Å². The van der Waals surface area contributed by atoms with Gasteiger partial charge in [0.2, 0.25) is 0 Å². The molecule has 138 valence electrons. The van der Waals surface area contributed by atoms with Gasteiger partial charge in [-0.15, -0.1) is 0 Å². The number of urea groups is 1. The van der Waals surface area contributed by atoms with Crippen molar-refractivity contribution in [1.82, 2.24) is 4.90 Å². The van der Waals surface area contributed by atoms with E-state index in [2.05, 4.69) is 5.32 Å². The third kappa shape index (κ3) is 4.82. The van der Waals surface area contributed by atoms with E-state index < -0.39 is 0 Å². The van der Waals surface area contributed by atoms with Crippen molar-refractivity contribution < 1.29 is 14.3 Å². The van der Waals surface area contributed by atoms with Crippen LogP contribution in [0.25, 0.3) is 0 Å². The maximum absolute atomic E-state index is 12.5. The average Bonchev–Trinajstić information content (AvgIpc) is 2.69. The van der Waals surface area contributed by atoms with Crippen LogP contribution in [-0.4, -0.2) is 37.7 Å². The number of likely N-dealkylation sites (tertiary alicyclic amines) is 1. The Morgan fingerprint density at radius 1 is 1.15 bits per heavy atom. The first-order valence-corrected chi connectivity index (χ1v) is 9.11. The van der Waals surface area contributed by atoms with E-state index in [1.165, 1.54) is 0 Å². The number of carbonyl (C=O) groups is 1. The van der Waals surface area contributed by atoms with Crippen molar-refractivity contribution in [2.45, 2.75) is 12.8 Å². The molecule has 1 fully saturated rings. The lowest BCUT2D eigenvalue weighted by Crippen LogP contribution is -2.42. The van der Waals surface area contributed by atoms with Gasteiger partial charge in [0, 0.05) is 19.2 Å². The molecule has 0 bridgehead atoms. The van der Waals surface area contributed by atoms with Crippen LogP contribution in [-0.2, 0) is 0 Å². The van der Waals surface area contributed by atoms with Gasteiger partial charge in [-0.2, -0.15) is 0 Å². The van der Waals surface area contributed by atoms with E-state index in [9.17, 15) is 4.79 Å². The van der Waals surface area contributed by atoms with Gasteiger partial charge in [0.15, 0.2) is 0 Å². The summed E-state index contributed by atoms with van der Waals surface area (Å²) in [4.78, 5) is 14.3. The highest BCUT2D eigenvalue weighted by molar-refractivity contribution is 6.33. The molecular formula is C20H23ClN2O3. The van der Waals surface area contributed by atoms with Crippen molar-refractivity contribution in [1.29, 1.82) is 0 Å². The van der Waals surface area contributed by atoms with Crippen LogP contribution >= 0.6 is 11.6 Å². The van der Waals surface area contributed by atoms with E-state index in [4.69, 9.17) is 21.1 Å². The number of nitrogens with zero attached hydrogens (tertiary/aromatic N) is 1. The summed E-state index contributed by atoms with van der Waals surface area (Å²) in [6.07, 6.45) is 1.85. The zero-order valence-electron chi connectivity index (χ0n) is 14.8. The van der Waals surface area contributed by atoms with Gasteiger partial charge in [-0.1, -0.05) is 29.8 Å². The monoisotopic (exact) mass is 374 g/mol. The summed E-state index contributed by atoms with van der Waals surface area (Å²) < 4.78 is 10.9. The Kier molecular flexibility index (Phi) is 6.23. The Balaban J connectivity index is 1.46. The molecule has 1 aliphatic rings. The number of anilines is 1. The number of para-hydroxylation sites is 1. The molecule has 2 amide bonds. The van der Waals surface area contributed by atoms with Gasteiger partial charge in [-0.3, -0.25) is 0 Å². The molecular weight excluding hydrogens is 352 g/mol. The highest BCUT2D eigenvalue weighted by Crippen LogP contribution is 2.27. The van der Waals surface area contributed by atoms with Crippen LogP contribution in [0.3, 0.4) is 0 Å². The quantitative estimate of drug-likeness (QED) is 0.827. The fraction of sp³-hybridized carbons (Fsp3) is 0.350. The number of hydrogen-bond acceptors (Lipinski definition) is 3. The molecule has 1 N–H and O–H groups in total. The minimum Gasteiger partial charge on any atom is -0.497 e. The second-order valence-corrected chi connectivity index (χ2v) is 6.74. The highest BCUT2D eigenvalue weighted by atomic mass is 35.5. The number of nitrogens with one attached hydrogen (secondary N) is 1. The SMILES string of the molecule is COc1ccc(NC(=O)N2CCC(COc3ccccc3)CC2)c(Cl)c1. The number of ether oxygens (including phenoxy) is 2. The summed E-state index contributed by atoms with van der Waals surface area (Å²) in [5.41, 5.74) is 0.590. The van der Waals surface area contributed by atoms with Crippen LogP contribution in [0.2, 0.25) is 5.02 Å². The van der Waals surface area contributed by atoms with Crippen molar-refractivity contribution in [2.75, 3.05) is 32.1 Å². The first-order chi connectivity index (χ1) is 12.7. The summed E-state index contributed by atoms with van der Waals surface area (Å²) in [7, 11) is 1.58. The first-order valence-electron chi connectivity index (χ1n) is 8.73. The normalized spacial score (nSPS) is 14.8. The van der Waals surface area contributed by atoms with E-state index in [1.54, 1.807) is 25.3 Å². The number of rotatable bonds is 5. The largest absolute Gasteiger partial charge is 0.497 e. The van der Waals surface area contributed by atoms with Crippen LogP contribution in [0.15, 0.2) is 48.5 Å². The maximum atomic E-state index is 12.5. The van der Waals surface area contributed by atoms with Gasteiger partial charge in [0.05, 0.1) is 24.4 Å². The summed E-state index contributed by atoms with van der Waals surface area (Å²) in [5.74, 6) is 2.01. The predicted molar refractivity (Wildman–Crippen MR) is 103 cm³/mol. The van der Waals surface area contributed by atoms with Crippen molar-refractivity contribution in [3.05, 3.63) is 53.6 Å². The topological polar surface area (TPSA) is 50.8 Å². The Labute approximate surface area is 158 Å². The number of benzene rings is 2. The number of hydrogen-bond donors (Lipinski definition) is 1. The van der Waals surface area contributed by atoms with Crippen LogP contribution in [0, 0.1) is 5.92 Å². The fourth-order valence-corrected chi connectivity index (χ4v) is 3.17. The lowest BCUT2D eigenvalue weighted by molar-refractivity contribution is 0.152. The predicted octanol–water partition coefficient (Wildman–Crippen LogP) is 4.67. The molecule has 26 heavy (non-hydrogen) atoms. The second kappa shape index (κ2) is 8.81. The maximum Gasteiger partial charge on any atom is 0.321 e. The molecule has 0 unspecified atom stereocenters. The molecule has 0 atom stereocenters. The lowest BCUT2D eigenvalue weighted by atomic mass is 9.98. The van der Waals surface area contributed by atoms with Gasteiger partial charge in [0.25, 0.3) is 0 Å². The van der Waals surface area contributed by atoms with Crippen LogP contribution < -0.4 is 14.8 Å². The van der Waals surface area contributed by atoms with Gasteiger partial charge in [0.1, 0.15) is 11.5 Å². The lowest BCUT2D eigenvalue weighted by Gasteiger charge is -2.32. The number of amides is 2. The van der Waals surface area contributed by atoms with Crippen molar-refractivity contribution in [2.24, 2.45) is 5.92 Å². The minimum atomic E-state index is -0.125. The van der Waals surface area contributed by atoms with E-state index in [1.807, 2.05) is 35.2 Å². The fourth-order valence-electron chi connectivity index (χ4n) is 2.95. The molecule has 3 rings (SSSR count). The molecule has 1 aliphatic heterocycles. The summed E-state index contributed by atoms with van der Waals surface area (Å²) in [6.45, 7) is 2.11. The molecule has 2 aromatic carbocycles. The van der Waals surface area contributed by atoms with E-state index in [0.717, 1.165) is 18.6 Å². The van der Waals surface area contributed by atoms with Gasteiger partial charge < -0.3 is 19.7 Å². The third-order valence-corrected chi connectivity index (χ3v) is 4.86. The van der Waals surface area contributed by atoms with Crippen molar-refractivity contribution in [3.63, 3.8) is 0 Å². The molecule has 1 saturated heterocycles. The number of methoxy groups -OCH3 is 1. The molecule has 5 nitrogen and oxygen atoms in total.